The van der Waals surface area contributed by atoms with Gasteiger partial charge in [0, 0.05) is 44.1 Å². The molecule has 1 aliphatic heterocycles. The van der Waals surface area contributed by atoms with E-state index in [1.54, 1.807) is 0 Å². The van der Waals surface area contributed by atoms with Crippen LogP contribution >= 0.6 is 0 Å². The number of amides is 1. The Morgan fingerprint density at radius 2 is 1.73 bits per heavy atom. The summed E-state index contributed by atoms with van der Waals surface area (Å²) in [7, 11) is 1.96. The van der Waals surface area contributed by atoms with E-state index in [2.05, 4.69) is 35.4 Å². The van der Waals surface area contributed by atoms with E-state index in [1.807, 2.05) is 11.9 Å². The number of hydrogen-bond acceptors (Lipinski definition) is 2. The number of nitrogens with zero attached hydrogens (tertiary/aromatic N) is 3. The highest BCUT2D eigenvalue weighted by Gasteiger charge is 2.27. The molecular formula is C18H29N3O. The molecule has 0 unspecified atom stereocenters. The van der Waals surface area contributed by atoms with E-state index in [0.717, 1.165) is 38.4 Å². The van der Waals surface area contributed by atoms with Crippen molar-refractivity contribution in [2.24, 2.45) is 5.92 Å². The molecule has 4 nitrogen and oxygen atoms in total. The molecule has 0 aromatic carbocycles. The molecule has 0 spiro atoms. The van der Waals surface area contributed by atoms with Crippen LogP contribution in [0.4, 0.5) is 0 Å². The Morgan fingerprint density at radius 1 is 1.14 bits per heavy atom. The first-order valence-corrected chi connectivity index (χ1v) is 8.65. The Balaban J connectivity index is 1.48. The van der Waals surface area contributed by atoms with Crippen LogP contribution in [0.5, 0.6) is 0 Å². The van der Waals surface area contributed by atoms with Crippen molar-refractivity contribution in [2.75, 3.05) is 33.2 Å². The molecule has 4 heteroatoms. The largest absolute Gasteiger partial charge is 0.346 e. The van der Waals surface area contributed by atoms with E-state index in [9.17, 15) is 4.79 Å². The van der Waals surface area contributed by atoms with E-state index >= 15 is 0 Å². The van der Waals surface area contributed by atoms with Crippen LogP contribution < -0.4 is 0 Å². The Labute approximate surface area is 134 Å². The molecule has 1 aromatic rings. The summed E-state index contributed by atoms with van der Waals surface area (Å²) in [5.74, 6) is 1.07. The Morgan fingerprint density at radius 3 is 2.27 bits per heavy atom. The Kier molecular flexibility index (Phi) is 4.57. The molecule has 22 heavy (non-hydrogen) atoms. The summed E-state index contributed by atoms with van der Waals surface area (Å²) < 4.78 is 2.47. The van der Waals surface area contributed by atoms with Crippen LogP contribution in [0.25, 0.3) is 0 Å². The highest BCUT2D eigenvalue weighted by molar-refractivity contribution is 5.78. The quantitative estimate of drug-likeness (QED) is 0.836. The molecule has 1 saturated carbocycles. The van der Waals surface area contributed by atoms with Gasteiger partial charge < -0.3 is 9.47 Å². The van der Waals surface area contributed by atoms with Crippen LogP contribution in [0.3, 0.4) is 0 Å². The van der Waals surface area contributed by atoms with Crippen LogP contribution in [-0.4, -0.2) is 53.5 Å². The molecule has 0 atom stereocenters. The fourth-order valence-corrected chi connectivity index (χ4v) is 3.69. The van der Waals surface area contributed by atoms with Gasteiger partial charge in [-0.25, -0.2) is 0 Å². The number of likely N-dealkylation sites (tertiary alicyclic amines) is 1. The molecular weight excluding hydrogens is 274 g/mol. The summed E-state index contributed by atoms with van der Waals surface area (Å²) in [4.78, 5) is 16.5. The van der Waals surface area contributed by atoms with Crippen LogP contribution in [0.2, 0.25) is 0 Å². The van der Waals surface area contributed by atoms with Gasteiger partial charge in [0.25, 0.3) is 0 Å². The van der Waals surface area contributed by atoms with Crippen LogP contribution in [0.1, 0.15) is 43.1 Å². The smallest absolute Gasteiger partial charge is 0.236 e. The molecule has 0 N–H and O–H groups in total. The average Bonchev–Trinajstić information content (AvgIpc) is 3.25. The molecule has 2 fully saturated rings. The lowest BCUT2D eigenvalue weighted by molar-refractivity contribution is -0.131. The first-order chi connectivity index (χ1) is 10.5. The maximum absolute atomic E-state index is 12.3. The minimum absolute atomic E-state index is 0.290. The number of aromatic nitrogens is 1. The van der Waals surface area contributed by atoms with E-state index in [1.165, 1.54) is 24.2 Å². The molecule has 1 amide bonds. The predicted octanol–water partition coefficient (Wildman–Crippen LogP) is 2.61. The van der Waals surface area contributed by atoms with Crippen molar-refractivity contribution in [2.45, 2.75) is 45.6 Å². The number of aryl methyl sites for hydroxylation is 2. The minimum Gasteiger partial charge on any atom is -0.346 e. The molecule has 1 saturated heterocycles. The normalized spacial score (nSPS) is 20.3. The van der Waals surface area contributed by atoms with Crippen molar-refractivity contribution in [1.29, 1.82) is 0 Å². The third kappa shape index (κ3) is 3.54. The van der Waals surface area contributed by atoms with Crippen molar-refractivity contribution < 1.29 is 4.79 Å². The molecule has 1 aromatic heterocycles. The first kappa shape index (κ1) is 15.6. The van der Waals surface area contributed by atoms with Gasteiger partial charge in [-0.15, -0.1) is 0 Å². The zero-order chi connectivity index (χ0) is 15.7. The van der Waals surface area contributed by atoms with Crippen LogP contribution in [-0.2, 0) is 4.79 Å². The topological polar surface area (TPSA) is 28.5 Å². The summed E-state index contributed by atoms with van der Waals surface area (Å²) >= 11 is 0. The number of carbonyl (C=O) groups is 1. The zero-order valence-electron chi connectivity index (χ0n) is 14.2. The standard InChI is InChI=1S/C18H29N3O/c1-14-4-5-15(2)21(14)17-8-10-20(11-9-17)13-18(22)19(3)12-16-6-7-16/h4-5,16-17H,6-13H2,1-3H3. The summed E-state index contributed by atoms with van der Waals surface area (Å²) in [5, 5.41) is 0. The minimum atomic E-state index is 0.290. The van der Waals surface area contributed by atoms with Gasteiger partial charge >= 0.3 is 0 Å². The highest BCUT2D eigenvalue weighted by atomic mass is 16.2. The molecule has 0 radical (unpaired) electrons. The number of hydrogen-bond donors (Lipinski definition) is 0. The Hall–Kier alpha value is -1.29. The van der Waals surface area contributed by atoms with Gasteiger partial charge in [-0.2, -0.15) is 0 Å². The third-order valence-electron chi connectivity index (χ3n) is 5.26. The van der Waals surface area contributed by atoms with Gasteiger partial charge in [-0.05, 0) is 57.6 Å². The number of carbonyl (C=O) groups excluding carboxylic acids is 1. The lowest BCUT2D eigenvalue weighted by Gasteiger charge is -2.34. The van der Waals surface area contributed by atoms with Gasteiger partial charge in [0.1, 0.15) is 0 Å². The summed E-state index contributed by atoms with van der Waals surface area (Å²) in [5.41, 5.74) is 2.72. The van der Waals surface area contributed by atoms with Gasteiger partial charge in [0.2, 0.25) is 5.91 Å². The third-order valence-corrected chi connectivity index (χ3v) is 5.26. The monoisotopic (exact) mass is 303 g/mol. The maximum atomic E-state index is 12.3. The van der Waals surface area contributed by atoms with Gasteiger partial charge in [0.05, 0.1) is 6.54 Å². The van der Waals surface area contributed by atoms with Gasteiger partial charge in [-0.1, -0.05) is 0 Å². The highest BCUT2D eigenvalue weighted by Crippen LogP contribution is 2.29. The van der Waals surface area contributed by atoms with Crippen molar-refractivity contribution in [1.82, 2.24) is 14.4 Å². The fourth-order valence-electron chi connectivity index (χ4n) is 3.69. The number of piperidine rings is 1. The second-order valence-electron chi connectivity index (χ2n) is 7.21. The summed E-state index contributed by atoms with van der Waals surface area (Å²) in [6.07, 6.45) is 4.91. The van der Waals surface area contributed by atoms with Crippen molar-refractivity contribution in [3.05, 3.63) is 23.5 Å². The van der Waals surface area contributed by atoms with Gasteiger partial charge in [0.15, 0.2) is 0 Å². The lowest BCUT2D eigenvalue weighted by Crippen LogP contribution is -2.43. The van der Waals surface area contributed by atoms with Crippen molar-refractivity contribution in [3.63, 3.8) is 0 Å². The van der Waals surface area contributed by atoms with E-state index in [-0.39, 0.29) is 0 Å². The molecule has 0 bridgehead atoms. The second-order valence-corrected chi connectivity index (χ2v) is 7.21. The van der Waals surface area contributed by atoms with E-state index in [0.29, 0.717) is 18.5 Å². The lowest BCUT2D eigenvalue weighted by atomic mass is 10.0. The second kappa shape index (κ2) is 6.45. The van der Waals surface area contributed by atoms with E-state index < -0.39 is 0 Å². The molecule has 2 heterocycles. The Bertz CT molecular complexity index is 505. The SMILES string of the molecule is Cc1ccc(C)n1C1CCN(CC(=O)N(C)CC2CC2)CC1. The van der Waals surface area contributed by atoms with Crippen molar-refractivity contribution >= 4 is 5.91 Å². The van der Waals surface area contributed by atoms with Crippen LogP contribution in [0.15, 0.2) is 12.1 Å². The molecule has 122 valence electrons. The van der Waals surface area contributed by atoms with Gasteiger partial charge in [-0.3, -0.25) is 9.69 Å². The summed E-state index contributed by atoms with van der Waals surface area (Å²) in [6.45, 7) is 8.00. The predicted molar refractivity (Wildman–Crippen MR) is 89.0 cm³/mol. The van der Waals surface area contributed by atoms with E-state index in [4.69, 9.17) is 0 Å². The van der Waals surface area contributed by atoms with Crippen LogP contribution in [0, 0.1) is 19.8 Å². The zero-order valence-corrected chi connectivity index (χ0v) is 14.2. The van der Waals surface area contributed by atoms with Crippen molar-refractivity contribution in [3.8, 4) is 0 Å². The molecule has 1 aliphatic carbocycles. The molecule has 3 rings (SSSR count). The number of likely N-dealkylation sites (N-methyl/N-ethyl adjacent to an activating group) is 1. The molecule has 2 aliphatic rings. The number of rotatable bonds is 5. The first-order valence-electron chi connectivity index (χ1n) is 8.65. The maximum Gasteiger partial charge on any atom is 0.236 e. The summed E-state index contributed by atoms with van der Waals surface area (Å²) in [6, 6.07) is 5.02. The fraction of sp³-hybridized carbons (Fsp3) is 0.722. The average molecular weight is 303 g/mol.